The number of thiophene rings is 1. The number of hydrogen-bond acceptors (Lipinski definition) is 13. The maximum absolute atomic E-state index is 17.6. The molecule has 1 aliphatic carbocycles. The van der Waals surface area contributed by atoms with Gasteiger partial charge in [0.25, 0.3) is 0 Å². The van der Waals surface area contributed by atoms with Gasteiger partial charge < -0.3 is 30.0 Å². The van der Waals surface area contributed by atoms with Crippen molar-refractivity contribution in [1.82, 2.24) is 24.8 Å². The molecule has 4 aromatic rings. The van der Waals surface area contributed by atoms with Gasteiger partial charge in [0, 0.05) is 67.7 Å². The molecule has 0 radical (unpaired) electrons. The van der Waals surface area contributed by atoms with E-state index in [2.05, 4.69) is 25.8 Å². The average Bonchev–Trinajstić information content (AvgIpc) is 3.38. The van der Waals surface area contributed by atoms with Crippen molar-refractivity contribution in [3.8, 4) is 23.3 Å². The van der Waals surface area contributed by atoms with Gasteiger partial charge >= 0.3 is 6.01 Å². The highest BCUT2D eigenvalue weighted by atomic mass is 32.1. The number of pyridine rings is 1. The van der Waals surface area contributed by atoms with E-state index in [1.807, 2.05) is 6.92 Å². The summed E-state index contributed by atoms with van der Waals surface area (Å²) in [5.74, 6) is -0.636. The number of hydrogen-bond donors (Lipinski definition) is 2. The summed E-state index contributed by atoms with van der Waals surface area (Å²) in [5, 5.41) is 21.1. The standard InChI is InChI=1S/C38H42F2N8O4S/c1-19(49)10-46-11-20-2-3-21(12-46)48(20)36-30-26-16-50-15-25(26)28(32-29-24(8-41)35(42)53-34(29)27(39)9-43-32)31(40)33(30)44-37(45-36)51-18-38(6-7-38)17-47-13-22-4-5-23(14-47)52-22/h9,19-23,49H,2-7,10-18,42H2,1H3/t19-,20?,21?,22?,23?/m1/s1. The molecule has 4 bridgehead atoms. The van der Waals surface area contributed by atoms with Crippen LogP contribution >= 0.6 is 11.3 Å². The molecule has 4 unspecified atom stereocenters. The number of aliphatic hydroxyl groups is 1. The van der Waals surface area contributed by atoms with Gasteiger partial charge in [0.05, 0.1) is 65.7 Å². The van der Waals surface area contributed by atoms with Crippen molar-refractivity contribution in [2.75, 3.05) is 56.5 Å². The van der Waals surface area contributed by atoms with Gasteiger partial charge in [-0.2, -0.15) is 15.2 Å². The van der Waals surface area contributed by atoms with Crippen LogP contribution in [0.25, 0.3) is 32.2 Å². The molecule has 5 fully saturated rings. The Balaban J connectivity index is 1.09. The predicted octanol–water partition coefficient (Wildman–Crippen LogP) is 4.72. The first-order valence-corrected chi connectivity index (χ1v) is 19.6. The van der Waals surface area contributed by atoms with Crippen LogP contribution < -0.4 is 15.4 Å². The third kappa shape index (κ3) is 5.63. The largest absolute Gasteiger partial charge is 0.463 e. The molecule has 3 aromatic heterocycles. The first-order valence-electron chi connectivity index (χ1n) is 18.8. The third-order valence-electron chi connectivity index (χ3n) is 12.3. The van der Waals surface area contributed by atoms with Crippen molar-refractivity contribution in [1.29, 1.82) is 5.26 Å². The number of fused-ring (bicyclic) bond motifs is 8. The van der Waals surface area contributed by atoms with E-state index >= 15 is 8.78 Å². The molecule has 10 rings (SSSR count). The number of ether oxygens (including phenoxy) is 3. The van der Waals surface area contributed by atoms with Crippen LogP contribution in [0.5, 0.6) is 6.01 Å². The maximum Gasteiger partial charge on any atom is 0.319 e. The number of piperazine rings is 1. The molecule has 278 valence electrons. The van der Waals surface area contributed by atoms with Gasteiger partial charge in [-0.1, -0.05) is 0 Å². The molecule has 3 N–H and O–H groups in total. The molecule has 53 heavy (non-hydrogen) atoms. The summed E-state index contributed by atoms with van der Waals surface area (Å²) in [5.41, 5.74) is 7.92. The lowest BCUT2D eigenvalue weighted by Gasteiger charge is -2.42. The topological polar surface area (TPSA) is 146 Å². The second kappa shape index (κ2) is 12.6. The summed E-state index contributed by atoms with van der Waals surface area (Å²) in [7, 11) is 0. The Hall–Kier alpha value is -3.78. The van der Waals surface area contributed by atoms with Gasteiger partial charge in [-0.25, -0.2) is 8.78 Å². The van der Waals surface area contributed by atoms with E-state index in [0.29, 0.717) is 42.1 Å². The molecule has 0 spiro atoms. The van der Waals surface area contributed by atoms with Gasteiger partial charge in [0.2, 0.25) is 0 Å². The van der Waals surface area contributed by atoms with Crippen molar-refractivity contribution in [2.24, 2.45) is 5.41 Å². The average molecular weight is 745 g/mol. The van der Waals surface area contributed by atoms with Crippen LogP contribution in [-0.2, 0) is 22.7 Å². The molecule has 1 saturated carbocycles. The third-order valence-corrected chi connectivity index (χ3v) is 13.3. The van der Waals surface area contributed by atoms with Crippen molar-refractivity contribution in [3.63, 3.8) is 0 Å². The minimum atomic E-state index is -0.642. The Kier molecular flexibility index (Phi) is 8.05. The molecule has 5 aliphatic heterocycles. The molecule has 6 aliphatic rings. The summed E-state index contributed by atoms with van der Waals surface area (Å²) < 4.78 is 51.5. The second-order valence-corrected chi connectivity index (χ2v) is 17.2. The van der Waals surface area contributed by atoms with E-state index < -0.39 is 17.7 Å². The van der Waals surface area contributed by atoms with Crippen molar-refractivity contribution in [2.45, 2.75) is 89.1 Å². The summed E-state index contributed by atoms with van der Waals surface area (Å²) in [6.45, 7) is 7.43. The number of aromatic nitrogens is 3. The zero-order valence-electron chi connectivity index (χ0n) is 29.6. The van der Waals surface area contributed by atoms with Crippen LogP contribution in [0.3, 0.4) is 0 Å². The highest BCUT2D eigenvalue weighted by Crippen LogP contribution is 2.50. The van der Waals surface area contributed by atoms with Crippen LogP contribution in [0, 0.1) is 28.4 Å². The maximum atomic E-state index is 17.6. The van der Waals surface area contributed by atoms with Gasteiger partial charge in [-0.3, -0.25) is 14.8 Å². The number of nitriles is 1. The summed E-state index contributed by atoms with van der Waals surface area (Å²) >= 11 is 0.951. The Morgan fingerprint density at radius 1 is 1.06 bits per heavy atom. The zero-order valence-corrected chi connectivity index (χ0v) is 30.4. The Bertz CT molecular complexity index is 2160. The highest BCUT2D eigenvalue weighted by Gasteiger charge is 2.48. The number of morpholine rings is 1. The van der Waals surface area contributed by atoms with E-state index in [1.54, 1.807) is 0 Å². The minimum absolute atomic E-state index is 0.0212. The van der Waals surface area contributed by atoms with Crippen LogP contribution in [0.4, 0.5) is 19.6 Å². The number of nitrogens with zero attached hydrogens (tertiary/aromatic N) is 7. The van der Waals surface area contributed by atoms with Gasteiger partial charge in [-0.05, 0) is 56.6 Å². The minimum Gasteiger partial charge on any atom is -0.463 e. The van der Waals surface area contributed by atoms with Crippen LogP contribution in [-0.4, -0.2) is 106 Å². The number of nitrogens with two attached hydrogens (primary N) is 1. The molecular formula is C38H42F2N8O4S. The van der Waals surface area contributed by atoms with Crippen molar-refractivity contribution < 1.29 is 28.1 Å². The molecule has 4 saturated heterocycles. The number of likely N-dealkylation sites (tertiary alicyclic amines) is 2. The van der Waals surface area contributed by atoms with E-state index in [9.17, 15) is 10.4 Å². The number of β-amino-alcohol motifs (C(OH)–C–C–N with tert-alkyl or cyclic N) is 1. The summed E-state index contributed by atoms with van der Waals surface area (Å²) in [6, 6.07) is 2.42. The summed E-state index contributed by atoms with van der Waals surface area (Å²) in [6.07, 6.45) is 7.43. The van der Waals surface area contributed by atoms with Crippen LogP contribution in [0.15, 0.2) is 6.20 Å². The van der Waals surface area contributed by atoms with Gasteiger partial charge in [0.1, 0.15) is 22.4 Å². The van der Waals surface area contributed by atoms with Crippen LogP contribution in [0.2, 0.25) is 0 Å². The van der Waals surface area contributed by atoms with Crippen molar-refractivity contribution >= 4 is 43.1 Å². The smallest absolute Gasteiger partial charge is 0.319 e. The number of halogens is 2. The first-order chi connectivity index (χ1) is 25.7. The normalized spacial score (nSPS) is 26.7. The molecule has 12 nitrogen and oxygen atoms in total. The molecule has 8 heterocycles. The Morgan fingerprint density at radius 2 is 1.79 bits per heavy atom. The number of benzene rings is 1. The second-order valence-electron chi connectivity index (χ2n) is 16.1. The lowest BCUT2D eigenvalue weighted by molar-refractivity contribution is -0.0460. The monoisotopic (exact) mass is 744 g/mol. The number of rotatable bonds is 9. The van der Waals surface area contributed by atoms with Gasteiger partial charge in [-0.15, -0.1) is 11.3 Å². The number of nitrogen functional groups attached to an aromatic ring is 1. The lowest BCUT2D eigenvalue weighted by Crippen LogP contribution is -2.55. The summed E-state index contributed by atoms with van der Waals surface area (Å²) in [4.78, 5) is 21.5. The van der Waals surface area contributed by atoms with E-state index in [4.69, 9.17) is 29.9 Å². The SMILES string of the molecule is C[C@@H](O)CN1CC2CCC(C1)N2c1nc(OCC2(CN3CC4CCC(C3)O4)CC2)nc2c(F)c(-c3ncc(F)c4sc(N)c(C#N)c34)c3c(c12)COC3. The van der Waals surface area contributed by atoms with E-state index in [-0.39, 0.29) is 74.1 Å². The molecular weight excluding hydrogens is 703 g/mol. The fraction of sp³-hybridized carbons (Fsp3) is 0.579. The molecule has 15 heteroatoms. The molecule has 1 aromatic carbocycles. The van der Waals surface area contributed by atoms with E-state index in [1.165, 1.54) is 0 Å². The van der Waals surface area contributed by atoms with Gasteiger partial charge in [0.15, 0.2) is 11.6 Å². The van der Waals surface area contributed by atoms with Crippen molar-refractivity contribution in [3.05, 3.63) is 34.5 Å². The fourth-order valence-corrected chi connectivity index (χ4v) is 10.7. The first kappa shape index (κ1) is 33.8. The zero-order chi connectivity index (χ0) is 36.2. The Morgan fingerprint density at radius 3 is 2.49 bits per heavy atom. The fourth-order valence-electron chi connectivity index (χ4n) is 9.78. The Labute approximate surface area is 309 Å². The lowest BCUT2D eigenvalue weighted by atomic mass is 9.93. The number of aliphatic hydroxyl groups excluding tert-OH is 1. The van der Waals surface area contributed by atoms with Crippen LogP contribution in [0.1, 0.15) is 62.1 Å². The molecule has 5 atom stereocenters. The quantitative estimate of drug-likeness (QED) is 0.245. The number of anilines is 2. The highest BCUT2D eigenvalue weighted by molar-refractivity contribution is 7.23. The molecule has 0 amide bonds. The van der Waals surface area contributed by atoms with E-state index in [0.717, 1.165) is 94.3 Å². The predicted molar refractivity (Wildman–Crippen MR) is 195 cm³/mol.